The Hall–Kier alpha value is -2.61. The third-order valence-electron chi connectivity index (χ3n) is 2.66. The molecule has 0 bridgehead atoms. The molecular formula is C15H16N2O3. The van der Waals surface area contributed by atoms with Gasteiger partial charge in [0.15, 0.2) is 0 Å². The van der Waals surface area contributed by atoms with Crippen LogP contribution in [0.4, 0.5) is 0 Å². The largest absolute Gasteiger partial charge is 0.480 e. The molecule has 1 amide bonds. The van der Waals surface area contributed by atoms with Crippen LogP contribution in [0.2, 0.25) is 0 Å². The second-order valence-electron chi connectivity index (χ2n) is 4.26. The molecule has 1 aromatic rings. The van der Waals surface area contributed by atoms with Gasteiger partial charge in [-0.2, -0.15) is 5.26 Å². The Morgan fingerprint density at radius 3 is 2.55 bits per heavy atom. The highest BCUT2D eigenvalue weighted by atomic mass is 16.4. The van der Waals surface area contributed by atoms with Gasteiger partial charge in [-0.3, -0.25) is 4.79 Å². The van der Waals surface area contributed by atoms with Crippen molar-refractivity contribution in [3.05, 3.63) is 41.5 Å². The van der Waals surface area contributed by atoms with E-state index in [-0.39, 0.29) is 0 Å². The lowest BCUT2D eigenvalue weighted by Crippen LogP contribution is -2.39. The van der Waals surface area contributed by atoms with Crippen LogP contribution in [0.25, 0.3) is 6.08 Å². The maximum Gasteiger partial charge on any atom is 0.326 e. The molecule has 20 heavy (non-hydrogen) atoms. The van der Waals surface area contributed by atoms with Gasteiger partial charge in [0.25, 0.3) is 0 Å². The van der Waals surface area contributed by atoms with Gasteiger partial charge < -0.3 is 10.4 Å². The number of carbonyl (C=O) groups excluding carboxylic acids is 1. The summed E-state index contributed by atoms with van der Waals surface area (Å²) in [5.74, 6) is -1.48. The number of amides is 1. The number of nitrogens with zero attached hydrogens (tertiary/aromatic N) is 1. The summed E-state index contributed by atoms with van der Waals surface area (Å²) >= 11 is 0. The van der Waals surface area contributed by atoms with Crippen LogP contribution < -0.4 is 5.32 Å². The zero-order chi connectivity index (χ0) is 15.0. The lowest BCUT2D eigenvalue weighted by atomic mass is 10.1. The van der Waals surface area contributed by atoms with Crippen LogP contribution in [0, 0.1) is 11.3 Å². The molecule has 0 radical (unpaired) electrons. The number of nitriles is 1. The summed E-state index contributed by atoms with van der Waals surface area (Å²) in [4.78, 5) is 22.5. The molecule has 1 aromatic carbocycles. The van der Waals surface area contributed by atoms with Gasteiger partial charge in [-0.1, -0.05) is 25.5 Å². The number of hydrogen-bond acceptors (Lipinski definition) is 3. The molecule has 0 aliphatic rings. The summed E-state index contributed by atoms with van der Waals surface area (Å²) in [5.41, 5.74) is 1.31. The molecule has 1 rings (SSSR count). The van der Waals surface area contributed by atoms with Gasteiger partial charge in [0, 0.05) is 6.08 Å². The van der Waals surface area contributed by atoms with Crippen molar-refractivity contribution < 1.29 is 14.7 Å². The molecular weight excluding hydrogens is 256 g/mol. The van der Waals surface area contributed by atoms with Crippen LogP contribution in [-0.4, -0.2) is 23.0 Å². The van der Waals surface area contributed by atoms with Gasteiger partial charge in [0.2, 0.25) is 5.91 Å². The molecule has 2 N–H and O–H groups in total. The third-order valence-corrected chi connectivity index (χ3v) is 2.66. The van der Waals surface area contributed by atoms with Crippen molar-refractivity contribution in [3.8, 4) is 6.07 Å². The molecule has 0 fully saturated rings. The molecule has 0 aromatic heterocycles. The molecule has 0 spiro atoms. The summed E-state index contributed by atoms with van der Waals surface area (Å²) < 4.78 is 0. The average Bonchev–Trinajstić information content (AvgIpc) is 2.45. The predicted molar refractivity (Wildman–Crippen MR) is 74.7 cm³/mol. The van der Waals surface area contributed by atoms with E-state index < -0.39 is 17.9 Å². The maximum absolute atomic E-state index is 11.6. The quantitative estimate of drug-likeness (QED) is 0.774. The fraction of sp³-hybridized carbons (Fsp3) is 0.267. The van der Waals surface area contributed by atoms with Crippen LogP contribution in [-0.2, 0) is 9.59 Å². The molecule has 104 valence electrons. The fourth-order valence-corrected chi connectivity index (χ4v) is 1.61. The molecule has 5 heteroatoms. The summed E-state index contributed by atoms with van der Waals surface area (Å²) in [6, 6.07) is 7.86. The van der Waals surface area contributed by atoms with Crippen LogP contribution in [0.5, 0.6) is 0 Å². The number of rotatable bonds is 6. The van der Waals surface area contributed by atoms with E-state index in [2.05, 4.69) is 5.32 Å². The van der Waals surface area contributed by atoms with Crippen LogP contribution >= 0.6 is 0 Å². The summed E-state index contributed by atoms with van der Waals surface area (Å²) in [5, 5.41) is 20.0. The minimum absolute atomic E-state index is 0.395. The van der Waals surface area contributed by atoms with Crippen LogP contribution in [0.3, 0.4) is 0 Å². The third kappa shape index (κ3) is 4.94. The Kier molecular flexibility index (Phi) is 5.98. The summed E-state index contributed by atoms with van der Waals surface area (Å²) in [6.45, 7) is 1.86. The van der Waals surface area contributed by atoms with Crippen molar-refractivity contribution in [2.45, 2.75) is 25.8 Å². The van der Waals surface area contributed by atoms with E-state index in [1.807, 2.05) is 13.0 Å². The molecule has 0 aliphatic heterocycles. The Morgan fingerprint density at radius 2 is 2.05 bits per heavy atom. The lowest BCUT2D eigenvalue weighted by molar-refractivity contribution is -0.141. The summed E-state index contributed by atoms with van der Waals surface area (Å²) in [7, 11) is 0. The van der Waals surface area contributed by atoms with E-state index in [0.29, 0.717) is 18.4 Å². The standard InChI is InChI=1S/C15H16N2O3/c1-2-3-13(15(19)20)17-14(18)9-8-11-4-6-12(10-16)7-5-11/h4-9,13H,2-3H2,1H3,(H,17,18)(H,19,20)/b9-8+/t13-/m0/s1. The first kappa shape index (κ1) is 15.4. The van der Waals surface area contributed by atoms with E-state index in [1.165, 1.54) is 6.08 Å². The Labute approximate surface area is 117 Å². The van der Waals surface area contributed by atoms with Crippen LogP contribution in [0.1, 0.15) is 30.9 Å². The Balaban J connectivity index is 2.62. The highest BCUT2D eigenvalue weighted by molar-refractivity contribution is 5.94. The van der Waals surface area contributed by atoms with Crippen molar-refractivity contribution in [2.24, 2.45) is 0 Å². The van der Waals surface area contributed by atoms with Crippen molar-refractivity contribution in [1.82, 2.24) is 5.32 Å². The van der Waals surface area contributed by atoms with Gasteiger partial charge in [0.1, 0.15) is 6.04 Å². The molecule has 0 saturated heterocycles. The maximum atomic E-state index is 11.6. The fourth-order valence-electron chi connectivity index (χ4n) is 1.61. The average molecular weight is 272 g/mol. The molecule has 0 saturated carbocycles. The SMILES string of the molecule is CCC[C@H](NC(=O)/C=C/c1ccc(C#N)cc1)C(=O)O. The van der Waals surface area contributed by atoms with Gasteiger partial charge in [-0.15, -0.1) is 0 Å². The number of benzene rings is 1. The van der Waals surface area contributed by atoms with Gasteiger partial charge in [-0.05, 0) is 30.2 Å². The second-order valence-corrected chi connectivity index (χ2v) is 4.26. The first-order chi connectivity index (χ1) is 9.56. The molecule has 1 atom stereocenters. The summed E-state index contributed by atoms with van der Waals surface area (Å²) in [6.07, 6.45) is 3.93. The zero-order valence-corrected chi connectivity index (χ0v) is 11.2. The van der Waals surface area contributed by atoms with Gasteiger partial charge in [-0.25, -0.2) is 4.79 Å². The molecule has 0 heterocycles. The molecule has 0 unspecified atom stereocenters. The minimum atomic E-state index is -1.04. The Bertz CT molecular complexity index is 541. The van der Waals surface area contributed by atoms with E-state index in [1.54, 1.807) is 30.3 Å². The number of nitrogens with one attached hydrogen (secondary N) is 1. The van der Waals surface area contributed by atoms with Gasteiger partial charge in [0.05, 0.1) is 11.6 Å². The normalized spacial score (nSPS) is 11.8. The van der Waals surface area contributed by atoms with Crippen molar-refractivity contribution in [2.75, 3.05) is 0 Å². The predicted octanol–water partition coefficient (Wildman–Crippen LogP) is 1.94. The second kappa shape index (κ2) is 7.74. The van der Waals surface area contributed by atoms with Crippen LogP contribution in [0.15, 0.2) is 30.3 Å². The van der Waals surface area contributed by atoms with E-state index >= 15 is 0 Å². The highest BCUT2D eigenvalue weighted by Crippen LogP contribution is 2.05. The number of hydrogen-bond donors (Lipinski definition) is 2. The Morgan fingerprint density at radius 1 is 1.40 bits per heavy atom. The number of carboxylic acids is 1. The monoisotopic (exact) mass is 272 g/mol. The smallest absolute Gasteiger partial charge is 0.326 e. The zero-order valence-electron chi connectivity index (χ0n) is 11.2. The first-order valence-electron chi connectivity index (χ1n) is 6.28. The number of carboxylic acid groups (broad SMARTS) is 1. The molecule has 0 aliphatic carbocycles. The van der Waals surface area contributed by atoms with E-state index in [4.69, 9.17) is 10.4 Å². The topological polar surface area (TPSA) is 90.2 Å². The van der Waals surface area contributed by atoms with Crippen molar-refractivity contribution in [3.63, 3.8) is 0 Å². The minimum Gasteiger partial charge on any atom is -0.480 e. The van der Waals surface area contributed by atoms with E-state index in [9.17, 15) is 9.59 Å². The van der Waals surface area contributed by atoms with E-state index in [0.717, 1.165) is 5.56 Å². The lowest BCUT2D eigenvalue weighted by Gasteiger charge is -2.11. The molecule has 5 nitrogen and oxygen atoms in total. The van der Waals surface area contributed by atoms with Gasteiger partial charge >= 0.3 is 5.97 Å². The number of carbonyl (C=O) groups is 2. The number of aliphatic carboxylic acids is 1. The first-order valence-corrected chi connectivity index (χ1v) is 6.28. The highest BCUT2D eigenvalue weighted by Gasteiger charge is 2.17. The van der Waals surface area contributed by atoms with Crippen molar-refractivity contribution in [1.29, 1.82) is 5.26 Å². The van der Waals surface area contributed by atoms with Crippen molar-refractivity contribution >= 4 is 18.0 Å².